The minimum absolute atomic E-state index is 0.204. The molecule has 1 aliphatic heterocycles. The minimum atomic E-state index is -3.44. The zero-order valence-corrected chi connectivity index (χ0v) is 12.2. The Morgan fingerprint density at radius 2 is 1.95 bits per heavy atom. The third-order valence-corrected chi connectivity index (χ3v) is 5.21. The van der Waals surface area contributed by atoms with Crippen LogP contribution in [-0.2, 0) is 16.4 Å². The lowest BCUT2D eigenvalue weighted by Gasteiger charge is -2.16. The van der Waals surface area contributed by atoms with E-state index in [2.05, 4.69) is 13.8 Å². The van der Waals surface area contributed by atoms with Crippen LogP contribution in [0.2, 0.25) is 0 Å². The van der Waals surface area contributed by atoms with Crippen LogP contribution in [0.1, 0.15) is 25.8 Å². The van der Waals surface area contributed by atoms with E-state index < -0.39 is 16.1 Å². The molecule has 4 nitrogen and oxygen atoms in total. The summed E-state index contributed by atoms with van der Waals surface area (Å²) < 4.78 is 26.0. The molecule has 2 rings (SSSR count). The van der Waals surface area contributed by atoms with Crippen molar-refractivity contribution in [2.75, 3.05) is 13.1 Å². The van der Waals surface area contributed by atoms with Crippen LogP contribution >= 0.6 is 0 Å². The molecule has 1 heterocycles. The Bertz CT molecular complexity index is 522. The minimum Gasteiger partial charge on any atom is -0.392 e. The molecule has 1 N–H and O–H groups in total. The maximum Gasteiger partial charge on any atom is 0.243 e. The molecule has 1 fully saturated rings. The first-order valence-electron chi connectivity index (χ1n) is 6.67. The molecule has 1 aromatic carbocycles. The Hall–Kier alpha value is -0.910. The van der Waals surface area contributed by atoms with Gasteiger partial charge in [-0.2, -0.15) is 4.31 Å². The molecule has 0 saturated carbocycles. The highest BCUT2D eigenvalue weighted by atomic mass is 32.2. The van der Waals surface area contributed by atoms with E-state index in [0.29, 0.717) is 23.8 Å². The quantitative estimate of drug-likeness (QED) is 0.914. The van der Waals surface area contributed by atoms with Crippen molar-refractivity contribution in [3.63, 3.8) is 0 Å². The van der Waals surface area contributed by atoms with Gasteiger partial charge in [0.15, 0.2) is 0 Å². The van der Waals surface area contributed by atoms with E-state index in [-0.39, 0.29) is 6.54 Å². The highest BCUT2D eigenvalue weighted by Gasteiger charge is 2.31. The Morgan fingerprint density at radius 3 is 2.42 bits per heavy atom. The highest BCUT2D eigenvalue weighted by molar-refractivity contribution is 7.89. The van der Waals surface area contributed by atoms with Crippen molar-refractivity contribution in [1.82, 2.24) is 4.31 Å². The summed E-state index contributed by atoms with van der Waals surface area (Å²) in [6, 6.07) is 7.08. The number of hydrogen-bond donors (Lipinski definition) is 1. The van der Waals surface area contributed by atoms with Gasteiger partial charge in [0.1, 0.15) is 0 Å². The van der Waals surface area contributed by atoms with Gasteiger partial charge < -0.3 is 5.11 Å². The molecule has 106 valence electrons. The van der Waals surface area contributed by atoms with Gasteiger partial charge in [-0.05, 0) is 36.5 Å². The summed E-state index contributed by atoms with van der Waals surface area (Å²) in [4.78, 5) is 0.314. The fourth-order valence-electron chi connectivity index (χ4n) is 2.35. The molecule has 1 aromatic rings. The van der Waals surface area contributed by atoms with Gasteiger partial charge in [-0.25, -0.2) is 8.42 Å². The van der Waals surface area contributed by atoms with Crippen LogP contribution in [0.5, 0.6) is 0 Å². The Kier molecular flexibility index (Phi) is 4.28. The summed E-state index contributed by atoms with van der Waals surface area (Å²) in [5.41, 5.74) is 1.15. The lowest BCUT2D eigenvalue weighted by molar-refractivity contribution is 0.189. The lowest BCUT2D eigenvalue weighted by Crippen LogP contribution is -2.29. The second-order valence-electron chi connectivity index (χ2n) is 5.55. The smallest absolute Gasteiger partial charge is 0.243 e. The molecule has 1 unspecified atom stereocenters. The highest BCUT2D eigenvalue weighted by Crippen LogP contribution is 2.21. The van der Waals surface area contributed by atoms with Crippen molar-refractivity contribution in [2.24, 2.45) is 5.92 Å². The monoisotopic (exact) mass is 283 g/mol. The second kappa shape index (κ2) is 5.61. The molecule has 0 amide bonds. The predicted octanol–water partition coefficient (Wildman–Crippen LogP) is 1.64. The average Bonchev–Trinajstić information content (AvgIpc) is 2.76. The van der Waals surface area contributed by atoms with Crippen LogP contribution in [0.15, 0.2) is 29.2 Å². The van der Waals surface area contributed by atoms with E-state index in [1.807, 2.05) is 12.1 Å². The maximum absolute atomic E-state index is 12.3. The fraction of sp³-hybridized carbons (Fsp3) is 0.571. The molecule has 1 saturated heterocycles. The van der Waals surface area contributed by atoms with E-state index in [4.69, 9.17) is 0 Å². The number of sulfonamides is 1. The summed E-state index contributed by atoms with van der Waals surface area (Å²) in [7, 11) is -3.44. The fourth-order valence-corrected chi connectivity index (χ4v) is 3.84. The molecule has 0 aromatic heterocycles. The summed E-state index contributed by atoms with van der Waals surface area (Å²) in [6.07, 6.45) is 0.933. The van der Waals surface area contributed by atoms with Gasteiger partial charge in [-0.3, -0.25) is 0 Å². The second-order valence-corrected chi connectivity index (χ2v) is 7.49. The van der Waals surface area contributed by atoms with Crippen molar-refractivity contribution >= 4 is 10.0 Å². The Balaban J connectivity index is 2.17. The van der Waals surface area contributed by atoms with E-state index in [9.17, 15) is 13.5 Å². The molecule has 0 spiro atoms. The zero-order chi connectivity index (χ0) is 14.0. The van der Waals surface area contributed by atoms with Gasteiger partial charge in [-0.15, -0.1) is 0 Å². The summed E-state index contributed by atoms with van der Waals surface area (Å²) in [5, 5.41) is 9.45. The first kappa shape index (κ1) is 14.5. The molecular formula is C14H21NO3S. The third kappa shape index (κ3) is 3.35. The van der Waals surface area contributed by atoms with Crippen molar-refractivity contribution < 1.29 is 13.5 Å². The van der Waals surface area contributed by atoms with Crippen LogP contribution in [0.25, 0.3) is 0 Å². The van der Waals surface area contributed by atoms with Gasteiger partial charge >= 0.3 is 0 Å². The standard InChI is InChI=1S/C14H21NO3S/c1-11(2)9-12-3-5-14(6-4-12)19(17,18)15-8-7-13(16)10-15/h3-6,11,13,16H,7-10H2,1-2H3. The Morgan fingerprint density at radius 1 is 1.32 bits per heavy atom. The van der Waals surface area contributed by atoms with Crippen molar-refractivity contribution in [1.29, 1.82) is 0 Å². The summed E-state index contributed by atoms with van der Waals surface area (Å²) >= 11 is 0. The van der Waals surface area contributed by atoms with E-state index in [1.165, 1.54) is 4.31 Å². The van der Waals surface area contributed by atoms with E-state index >= 15 is 0 Å². The largest absolute Gasteiger partial charge is 0.392 e. The number of aliphatic hydroxyl groups is 1. The van der Waals surface area contributed by atoms with Crippen LogP contribution < -0.4 is 0 Å². The van der Waals surface area contributed by atoms with Crippen molar-refractivity contribution in [2.45, 2.75) is 37.7 Å². The molecule has 0 aliphatic carbocycles. The van der Waals surface area contributed by atoms with Crippen molar-refractivity contribution in [3.05, 3.63) is 29.8 Å². The molecule has 1 atom stereocenters. The third-order valence-electron chi connectivity index (χ3n) is 3.33. The molecule has 5 heteroatoms. The molecule has 0 bridgehead atoms. The first-order valence-corrected chi connectivity index (χ1v) is 8.11. The number of hydrogen-bond acceptors (Lipinski definition) is 3. The zero-order valence-electron chi connectivity index (χ0n) is 11.4. The summed E-state index contributed by atoms with van der Waals surface area (Å²) in [5.74, 6) is 0.552. The average molecular weight is 283 g/mol. The van der Waals surface area contributed by atoms with Gasteiger partial charge in [0.05, 0.1) is 11.0 Å². The molecular weight excluding hydrogens is 262 g/mol. The van der Waals surface area contributed by atoms with Gasteiger partial charge in [0.2, 0.25) is 10.0 Å². The van der Waals surface area contributed by atoms with Crippen LogP contribution in [0.4, 0.5) is 0 Å². The topological polar surface area (TPSA) is 57.6 Å². The van der Waals surface area contributed by atoms with Crippen molar-refractivity contribution in [3.8, 4) is 0 Å². The molecule has 0 radical (unpaired) electrons. The van der Waals surface area contributed by atoms with E-state index in [1.54, 1.807) is 12.1 Å². The normalized spacial score (nSPS) is 21.2. The molecule has 1 aliphatic rings. The van der Waals surface area contributed by atoms with Gasteiger partial charge in [0, 0.05) is 13.1 Å². The maximum atomic E-state index is 12.3. The first-order chi connectivity index (χ1) is 8.89. The SMILES string of the molecule is CC(C)Cc1ccc(S(=O)(=O)N2CCC(O)C2)cc1. The predicted molar refractivity (Wildman–Crippen MR) is 74.4 cm³/mol. The number of aliphatic hydroxyl groups excluding tert-OH is 1. The van der Waals surface area contributed by atoms with Gasteiger partial charge in [0.25, 0.3) is 0 Å². The van der Waals surface area contributed by atoms with Gasteiger partial charge in [-0.1, -0.05) is 26.0 Å². The number of β-amino-alcohol motifs (C(OH)–C–C–N with tert-alkyl or cyclic N) is 1. The summed E-state index contributed by atoms with van der Waals surface area (Å²) in [6.45, 7) is 4.87. The van der Waals surface area contributed by atoms with Crippen LogP contribution in [0, 0.1) is 5.92 Å². The lowest BCUT2D eigenvalue weighted by atomic mass is 10.0. The van der Waals surface area contributed by atoms with E-state index in [0.717, 1.165) is 12.0 Å². The van der Waals surface area contributed by atoms with Crippen LogP contribution in [0.3, 0.4) is 0 Å². The molecule has 19 heavy (non-hydrogen) atoms. The number of rotatable bonds is 4. The van der Waals surface area contributed by atoms with Crippen LogP contribution in [-0.4, -0.2) is 37.0 Å². The Labute approximate surface area is 115 Å². The number of benzene rings is 1. The number of nitrogens with zero attached hydrogens (tertiary/aromatic N) is 1.